The van der Waals surface area contributed by atoms with E-state index >= 15 is 0 Å². The molecule has 0 unspecified atom stereocenters. The minimum absolute atomic E-state index is 0.209. The molecular formula is C20H22O2. The standard InChI is InChI=1S/C20H22O2/c1-4-22-19(21)20(2,3)15-18(16-11-7-5-8-12-16)17-13-9-6-10-14-17/h5-15H,4H2,1-3H3. The van der Waals surface area contributed by atoms with Gasteiger partial charge in [-0.3, -0.25) is 4.79 Å². The zero-order chi connectivity index (χ0) is 16.0. The maximum Gasteiger partial charge on any atom is 0.315 e. The van der Waals surface area contributed by atoms with Crippen molar-refractivity contribution in [2.24, 2.45) is 5.41 Å². The monoisotopic (exact) mass is 294 g/mol. The van der Waals surface area contributed by atoms with Crippen molar-refractivity contribution in [3.8, 4) is 0 Å². The van der Waals surface area contributed by atoms with Crippen LogP contribution in [0.15, 0.2) is 66.7 Å². The zero-order valence-corrected chi connectivity index (χ0v) is 13.4. The van der Waals surface area contributed by atoms with E-state index in [9.17, 15) is 4.79 Å². The highest BCUT2D eigenvalue weighted by Crippen LogP contribution is 2.30. The Kier molecular flexibility index (Phi) is 5.16. The molecule has 0 aromatic heterocycles. The Morgan fingerprint density at radius 1 is 0.955 bits per heavy atom. The molecule has 0 saturated heterocycles. The number of carbonyl (C=O) groups excluding carboxylic acids is 1. The van der Waals surface area contributed by atoms with Gasteiger partial charge in [0, 0.05) is 0 Å². The lowest BCUT2D eigenvalue weighted by Crippen LogP contribution is -2.25. The number of benzene rings is 2. The number of hydrogen-bond donors (Lipinski definition) is 0. The molecule has 0 heterocycles. The molecule has 2 aromatic rings. The van der Waals surface area contributed by atoms with Crippen LogP contribution in [0.4, 0.5) is 0 Å². The van der Waals surface area contributed by atoms with Crippen molar-refractivity contribution in [3.05, 3.63) is 77.9 Å². The van der Waals surface area contributed by atoms with Crippen LogP contribution in [0.1, 0.15) is 31.9 Å². The van der Waals surface area contributed by atoms with Crippen molar-refractivity contribution in [2.45, 2.75) is 20.8 Å². The molecular weight excluding hydrogens is 272 g/mol. The van der Waals surface area contributed by atoms with Crippen molar-refractivity contribution < 1.29 is 9.53 Å². The van der Waals surface area contributed by atoms with Gasteiger partial charge in [-0.2, -0.15) is 0 Å². The Labute approximate surface area is 132 Å². The van der Waals surface area contributed by atoms with Crippen LogP contribution in [0.5, 0.6) is 0 Å². The van der Waals surface area contributed by atoms with E-state index < -0.39 is 5.41 Å². The van der Waals surface area contributed by atoms with Gasteiger partial charge in [0.2, 0.25) is 0 Å². The summed E-state index contributed by atoms with van der Waals surface area (Å²) in [6.07, 6.45) is 2.00. The fourth-order valence-corrected chi connectivity index (χ4v) is 2.31. The van der Waals surface area contributed by atoms with E-state index in [0.717, 1.165) is 16.7 Å². The van der Waals surface area contributed by atoms with E-state index in [1.54, 1.807) is 0 Å². The van der Waals surface area contributed by atoms with E-state index in [2.05, 4.69) is 24.3 Å². The van der Waals surface area contributed by atoms with Crippen LogP contribution in [0, 0.1) is 5.41 Å². The summed E-state index contributed by atoms with van der Waals surface area (Å²) in [7, 11) is 0. The van der Waals surface area contributed by atoms with E-state index in [1.807, 2.05) is 63.2 Å². The largest absolute Gasteiger partial charge is 0.465 e. The molecule has 2 aromatic carbocycles. The highest BCUT2D eigenvalue weighted by atomic mass is 16.5. The predicted octanol–water partition coefficient (Wildman–Crippen LogP) is 4.71. The van der Waals surface area contributed by atoms with E-state index in [4.69, 9.17) is 4.74 Å². The lowest BCUT2D eigenvalue weighted by molar-refractivity contribution is -0.150. The summed E-state index contributed by atoms with van der Waals surface area (Å²) >= 11 is 0. The minimum Gasteiger partial charge on any atom is -0.465 e. The summed E-state index contributed by atoms with van der Waals surface area (Å²) in [4.78, 5) is 12.2. The van der Waals surface area contributed by atoms with Gasteiger partial charge in [0.25, 0.3) is 0 Å². The van der Waals surface area contributed by atoms with Gasteiger partial charge in [0.1, 0.15) is 0 Å². The lowest BCUT2D eigenvalue weighted by Gasteiger charge is -2.21. The smallest absolute Gasteiger partial charge is 0.315 e. The van der Waals surface area contributed by atoms with E-state index in [-0.39, 0.29) is 5.97 Å². The Bertz CT molecular complexity index is 598. The molecule has 0 aliphatic rings. The number of hydrogen-bond acceptors (Lipinski definition) is 2. The van der Waals surface area contributed by atoms with Gasteiger partial charge in [-0.05, 0) is 37.5 Å². The van der Waals surface area contributed by atoms with Crippen LogP contribution in [0.3, 0.4) is 0 Å². The average molecular weight is 294 g/mol. The van der Waals surface area contributed by atoms with Crippen molar-refractivity contribution >= 4 is 11.5 Å². The summed E-state index contributed by atoms with van der Waals surface area (Å²) in [6.45, 7) is 5.99. The van der Waals surface area contributed by atoms with Crippen LogP contribution < -0.4 is 0 Å². The van der Waals surface area contributed by atoms with Crippen molar-refractivity contribution in [1.29, 1.82) is 0 Å². The number of ether oxygens (including phenoxy) is 1. The maximum absolute atomic E-state index is 12.2. The maximum atomic E-state index is 12.2. The molecule has 0 radical (unpaired) electrons. The topological polar surface area (TPSA) is 26.3 Å². The van der Waals surface area contributed by atoms with E-state index in [0.29, 0.717) is 6.61 Å². The summed E-state index contributed by atoms with van der Waals surface area (Å²) in [5.41, 5.74) is 2.54. The third kappa shape index (κ3) is 3.85. The summed E-state index contributed by atoms with van der Waals surface area (Å²) in [5.74, 6) is -0.209. The molecule has 22 heavy (non-hydrogen) atoms. The Morgan fingerprint density at radius 2 is 1.41 bits per heavy atom. The van der Waals surface area contributed by atoms with Crippen molar-refractivity contribution in [1.82, 2.24) is 0 Å². The average Bonchev–Trinajstić information content (AvgIpc) is 2.54. The first-order chi connectivity index (χ1) is 10.5. The molecule has 0 spiro atoms. The summed E-state index contributed by atoms with van der Waals surface area (Å²) in [6, 6.07) is 20.2. The second kappa shape index (κ2) is 7.08. The molecule has 0 N–H and O–H groups in total. The SMILES string of the molecule is CCOC(=O)C(C)(C)C=C(c1ccccc1)c1ccccc1. The first-order valence-corrected chi connectivity index (χ1v) is 7.55. The highest BCUT2D eigenvalue weighted by molar-refractivity contribution is 5.86. The van der Waals surface area contributed by atoms with Gasteiger partial charge in [-0.25, -0.2) is 0 Å². The third-order valence-corrected chi connectivity index (χ3v) is 3.48. The fraction of sp³-hybridized carbons (Fsp3) is 0.250. The lowest BCUT2D eigenvalue weighted by atomic mass is 9.86. The molecule has 0 amide bonds. The van der Waals surface area contributed by atoms with Gasteiger partial charge in [0.05, 0.1) is 12.0 Å². The molecule has 0 atom stereocenters. The second-order valence-electron chi connectivity index (χ2n) is 5.73. The molecule has 2 heteroatoms. The highest BCUT2D eigenvalue weighted by Gasteiger charge is 2.27. The molecule has 0 aliphatic carbocycles. The van der Waals surface area contributed by atoms with Crippen molar-refractivity contribution in [3.63, 3.8) is 0 Å². The Balaban J connectivity index is 2.50. The summed E-state index contributed by atoms with van der Waals surface area (Å²) < 4.78 is 5.20. The van der Waals surface area contributed by atoms with Crippen LogP contribution >= 0.6 is 0 Å². The molecule has 0 saturated carbocycles. The molecule has 0 bridgehead atoms. The number of esters is 1. The zero-order valence-electron chi connectivity index (χ0n) is 13.4. The van der Waals surface area contributed by atoms with Gasteiger partial charge >= 0.3 is 5.97 Å². The van der Waals surface area contributed by atoms with Crippen molar-refractivity contribution in [2.75, 3.05) is 6.61 Å². The van der Waals surface area contributed by atoms with Gasteiger partial charge in [-0.1, -0.05) is 66.7 Å². The van der Waals surface area contributed by atoms with Gasteiger partial charge in [0.15, 0.2) is 0 Å². The second-order valence-corrected chi connectivity index (χ2v) is 5.73. The first kappa shape index (κ1) is 16.0. The van der Waals surface area contributed by atoms with Gasteiger partial charge < -0.3 is 4.74 Å². The van der Waals surface area contributed by atoms with E-state index in [1.165, 1.54) is 0 Å². The first-order valence-electron chi connectivity index (χ1n) is 7.55. The van der Waals surface area contributed by atoms with Gasteiger partial charge in [-0.15, -0.1) is 0 Å². The fourth-order valence-electron chi connectivity index (χ4n) is 2.31. The predicted molar refractivity (Wildman–Crippen MR) is 90.4 cm³/mol. The quantitative estimate of drug-likeness (QED) is 0.747. The molecule has 114 valence electrons. The number of carbonyl (C=O) groups is 1. The normalized spacial score (nSPS) is 10.9. The summed E-state index contributed by atoms with van der Waals surface area (Å²) in [5, 5.41) is 0. The van der Waals surface area contributed by atoms with Crippen LogP contribution in [0.25, 0.3) is 5.57 Å². The molecule has 2 rings (SSSR count). The Morgan fingerprint density at radius 3 is 1.82 bits per heavy atom. The minimum atomic E-state index is -0.684. The van der Waals surface area contributed by atoms with Crippen LogP contribution in [-0.2, 0) is 9.53 Å². The third-order valence-electron chi connectivity index (χ3n) is 3.48. The molecule has 0 aliphatic heterocycles. The molecule has 2 nitrogen and oxygen atoms in total. The van der Waals surface area contributed by atoms with Crippen LogP contribution in [-0.4, -0.2) is 12.6 Å². The number of rotatable bonds is 5. The van der Waals surface area contributed by atoms with Crippen LogP contribution in [0.2, 0.25) is 0 Å². The molecule has 0 fully saturated rings. The Hall–Kier alpha value is -2.35.